The van der Waals surface area contributed by atoms with Gasteiger partial charge in [0, 0.05) is 26.2 Å². The molecular weight excluding hydrogens is 378 g/mol. The van der Waals surface area contributed by atoms with Gasteiger partial charge in [0.2, 0.25) is 15.9 Å². The van der Waals surface area contributed by atoms with Crippen molar-refractivity contribution in [2.75, 3.05) is 38.6 Å². The number of anilines is 1. The molecular formula is C20H25N3O4S. The van der Waals surface area contributed by atoms with Crippen LogP contribution in [0.3, 0.4) is 0 Å². The molecule has 28 heavy (non-hydrogen) atoms. The Hall–Kier alpha value is -2.58. The number of sulfonamides is 1. The van der Waals surface area contributed by atoms with Gasteiger partial charge in [-0.25, -0.2) is 8.42 Å². The first-order valence-corrected chi connectivity index (χ1v) is 10.6. The van der Waals surface area contributed by atoms with E-state index in [0.29, 0.717) is 18.8 Å². The average Bonchev–Trinajstić information content (AvgIpc) is 2.74. The Bertz CT molecular complexity index is 910. The number of benzene rings is 2. The molecule has 2 aromatic carbocycles. The molecule has 0 spiro atoms. The molecule has 1 saturated heterocycles. The number of carbonyl (C=O) groups is 1. The summed E-state index contributed by atoms with van der Waals surface area (Å²) >= 11 is 0. The van der Waals surface area contributed by atoms with E-state index in [1.807, 2.05) is 24.3 Å². The first-order chi connectivity index (χ1) is 13.4. The Labute approximate surface area is 166 Å². The van der Waals surface area contributed by atoms with Crippen molar-refractivity contribution in [2.24, 2.45) is 0 Å². The lowest BCUT2D eigenvalue weighted by Crippen LogP contribution is -2.53. The van der Waals surface area contributed by atoms with Gasteiger partial charge in [-0.05, 0) is 31.2 Å². The molecule has 0 bridgehead atoms. The van der Waals surface area contributed by atoms with Crippen molar-refractivity contribution < 1.29 is 17.9 Å². The number of rotatable bonds is 6. The molecule has 1 amide bonds. The standard InChI is InChI=1S/C20H25N3O4S/c1-16(21-18-10-6-7-11-19(18)27-2)20(24)22-12-14-23(15-13-22)28(25,26)17-8-4-3-5-9-17/h3-11,16,21H,12-15H2,1-2H3/t16-/m0/s1. The summed E-state index contributed by atoms with van der Waals surface area (Å²) in [5.74, 6) is 0.601. The molecule has 1 atom stereocenters. The highest BCUT2D eigenvalue weighted by Crippen LogP contribution is 2.24. The summed E-state index contributed by atoms with van der Waals surface area (Å²) in [5.41, 5.74) is 0.746. The number of ether oxygens (including phenoxy) is 1. The van der Waals surface area contributed by atoms with Crippen LogP contribution in [0.4, 0.5) is 5.69 Å². The van der Waals surface area contributed by atoms with Crippen LogP contribution < -0.4 is 10.1 Å². The van der Waals surface area contributed by atoms with Crippen molar-refractivity contribution in [1.29, 1.82) is 0 Å². The molecule has 150 valence electrons. The predicted molar refractivity (Wildman–Crippen MR) is 108 cm³/mol. The Morgan fingerprint density at radius 2 is 1.61 bits per heavy atom. The fraction of sp³-hybridized carbons (Fsp3) is 0.350. The van der Waals surface area contributed by atoms with Crippen molar-refractivity contribution in [3.05, 3.63) is 54.6 Å². The zero-order valence-electron chi connectivity index (χ0n) is 16.0. The van der Waals surface area contributed by atoms with Gasteiger partial charge in [0.1, 0.15) is 11.8 Å². The highest BCUT2D eigenvalue weighted by molar-refractivity contribution is 7.89. The second-order valence-electron chi connectivity index (χ2n) is 6.61. The fourth-order valence-electron chi connectivity index (χ4n) is 3.22. The summed E-state index contributed by atoms with van der Waals surface area (Å²) < 4.78 is 32.2. The molecule has 7 nitrogen and oxygen atoms in total. The van der Waals surface area contributed by atoms with Crippen molar-refractivity contribution in [1.82, 2.24) is 9.21 Å². The van der Waals surface area contributed by atoms with Crippen LogP contribution in [0.1, 0.15) is 6.92 Å². The number of nitrogens with one attached hydrogen (secondary N) is 1. The molecule has 0 aromatic heterocycles. The number of carbonyl (C=O) groups excluding carboxylic acids is 1. The highest BCUT2D eigenvalue weighted by Gasteiger charge is 2.31. The third kappa shape index (κ3) is 4.28. The minimum Gasteiger partial charge on any atom is -0.495 e. The summed E-state index contributed by atoms with van der Waals surface area (Å²) in [6, 6.07) is 15.3. The molecule has 0 saturated carbocycles. The van der Waals surface area contributed by atoms with Crippen LogP contribution in [-0.4, -0.2) is 62.9 Å². The van der Waals surface area contributed by atoms with Crippen molar-refractivity contribution in [2.45, 2.75) is 17.9 Å². The van der Waals surface area contributed by atoms with E-state index in [1.54, 1.807) is 49.3 Å². The van der Waals surface area contributed by atoms with E-state index in [0.717, 1.165) is 5.69 Å². The summed E-state index contributed by atoms with van der Waals surface area (Å²) in [4.78, 5) is 14.8. The first-order valence-electron chi connectivity index (χ1n) is 9.17. The Morgan fingerprint density at radius 1 is 1.00 bits per heavy atom. The number of amides is 1. The molecule has 0 radical (unpaired) electrons. The number of hydrogen-bond donors (Lipinski definition) is 1. The number of hydrogen-bond acceptors (Lipinski definition) is 5. The van der Waals surface area contributed by atoms with Gasteiger partial charge in [-0.2, -0.15) is 4.31 Å². The molecule has 1 fully saturated rings. The van der Waals surface area contributed by atoms with Crippen LogP contribution in [-0.2, 0) is 14.8 Å². The molecule has 1 aliphatic rings. The van der Waals surface area contributed by atoms with Gasteiger partial charge < -0.3 is 15.0 Å². The van der Waals surface area contributed by atoms with Crippen molar-refractivity contribution >= 4 is 21.6 Å². The zero-order chi connectivity index (χ0) is 20.1. The van der Waals surface area contributed by atoms with E-state index in [1.165, 1.54) is 4.31 Å². The molecule has 1 heterocycles. The number of methoxy groups -OCH3 is 1. The maximum atomic E-state index is 12.8. The van der Waals surface area contributed by atoms with Gasteiger partial charge in [-0.1, -0.05) is 30.3 Å². The maximum absolute atomic E-state index is 12.8. The predicted octanol–water partition coefficient (Wildman–Crippen LogP) is 2.03. The molecule has 1 aliphatic heterocycles. The van der Waals surface area contributed by atoms with E-state index in [2.05, 4.69) is 5.32 Å². The summed E-state index contributed by atoms with van der Waals surface area (Å²) in [7, 11) is -1.94. The lowest BCUT2D eigenvalue weighted by Gasteiger charge is -2.35. The van der Waals surface area contributed by atoms with E-state index >= 15 is 0 Å². The largest absolute Gasteiger partial charge is 0.495 e. The van der Waals surface area contributed by atoms with Gasteiger partial charge in [0.05, 0.1) is 17.7 Å². The maximum Gasteiger partial charge on any atom is 0.244 e. The second kappa shape index (κ2) is 8.62. The van der Waals surface area contributed by atoms with Crippen LogP contribution in [0.2, 0.25) is 0 Å². The lowest BCUT2D eigenvalue weighted by molar-refractivity contribution is -0.132. The number of piperazine rings is 1. The molecule has 2 aromatic rings. The SMILES string of the molecule is COc1ccccc1N[C@@H](C)C(=O)N1CCN(S(=O)(=O)c2ccccc2)CC1. The van der Waals surface area contributed by atoms with Gasteiger partial charge in [-0.3, -0.25) is 4.79 Å². The van der Waals surface area contributed by atoms with Crippen LogP contribution in [0.5, 0.6) is 5.75 Å². The molecule has 3 rings (SSSR count). The third-order valence-electron chi connectivity index (χ3n) is 4.78. The van der Waals surface area contributed by atoms with E-state index < -0.39 is 16.1 Å². The Balaban J connectivity index is 1.60. The van der Waals surface area contributed by atoms with Crippen LogP contribution in [0.15, 0.2) is 59.5 Å². The normalized spacial score (nSPS) is 16.4. The highest BCUT2D eigenvalue weighted by atomic mass is 32.2. The smallest absolute Gasteiger partial charge is 0.244 e. The summed E-state index contributed by atoms with van der Waals surface area (Å²) in [6.07, 6.45) is 0. The second-order valence-corrected chi connectivity index (χ2v) is 8.55. The van der Waals surface area contributed by atoms with Gasteiger partial charge >= 0.3 is 0 Å². The summed E-state index contributed by atoms with van der Waals surface area (Å²) in [5, 5.41) is 3.18. The Morgan fingerprint density at radius 3 is 2.25 bits per heavy atom. The average molecular weight is 404 g/mol. The first kappa shape index (κ1) is 20.2. The lowest BCUT2D eigenvalue weighted by atomic mass is 10.2. The van der Waals surface area contributed by atoms with Crippen molar-refractivity contribution in [3.8, 4) is 5.75 Å². The van der Waals surface area contributed by atoms with Crippen LogP contribution in [0, 0.1) is 0 Å². The Kier molecular flexibility index (Phi) is 6.21. The van der Waals surface area contributed by atoms with Crippen LogP contribution >= 0.6 is 0 Å². The minimum absolute atomic E-state index is 0.0670. The van der Waals surface area contributed by atoms with Gasteiger partial charge in [0.15, 0.2) is 0 Å². The van der Waals surface area contributed by atoms with Crippen molar-refractivity contribution in [3.63, 3.8) is 0 Å². The topological polar surface area (TPSA) is 79.0 Å². The van der Waals surface area contributed by atoms with Gasteiger partial charge in [-0.15, -0.1) is 0 Å². The monoisotopic (exact) mass is 403 g/mol. The number of nitrogens with zero attached hydrogens (tertiary/aromatic N) is 2. The molecule has 0 aliphatic carbocycles. The fourth-order valence-corrected chi connectivity index (χ4v) is 4.67. The van der Waals surface area contributed by atoms with Gasteiger partial charge in [0.25, 0.3) is 0 Å². The zero-order valence-corrected chi connectivity index (χ0v) is 16.9. The number of para-hydroxylation sites is 2. The summed E-state index contributed by atoms with van der Waals surface area (Å²) in [6.45, 7) is 3.09. The van der Waals surface area contributed by atoms with E-state index in [9.17, 15) is 13.2 Å². The quantitative estimate of drug-likeness (QED) is 0.798. The van der Waals surface area contributed by atoms with Crippen LogP contribution in [0.25, 0.3) is 0 Å². The minimum atomic E-state index is -3.53. The molecule has 0 unspecified atom stereocenters. The van der Waals surface area contributed by atoms with E-state index in [-0.39, 0.29) is 23.9 Å². The third-order valence-corrected chi connectivity index (χ3v) is 6.69. The molecule has 1 N–H and O–H groups in total. The molecule has 8 heteroatoms. The van der Waals surface area contributed by atoms with E-state index in [4.69, 9.17) is 4.74 Å².